The molecule has 0 bridgehead atoms. The van der Waals surface area contributed by atoms with Crippen LogP contribution in [0.25, 0.3) is 0 Å². The lowest BCUT2D eigenvalue weighted by molar-refractivity contribution is -0.130. The molecule has 0 saturated carbocycles. The van der Waals surface area contributed by atoms with Crippen LogP contribution < -0.4 is 5.32 Å². The number of hydrogen-bond donors (Lipinski definition) is 3. The molecule has 13 nitrogen and oxygen atoms in total. The largest absolute Gasteiger partial charge is 0.411 e. The van der Waals surface area contributed by atoms with Crippen molar-refractivity contribution >= 4 is 28.2 Å². The summed E-state index contributed by atoms with van der Waals surface area (Å²) in [6, 6.07) is 15.0. The van der Waals surface area contributed by atoms with Crippen LogP contribution in [0.5, 0.6) is 0 Å². The van der Waals surface area contributed by atoms with Gasteiger partial charge < -0.3 is 25.4 Å². The Labute approximate surface area is 288 Å². The zero-order valence-electron chi connectivity index (χ0n) is 28.7. The molecule has 2 aromatic carbocycles. The number of benzene rings is 2. The van der Waals surface area contributed by atoms with E-state index in [4.69, 9.17) is 5.21 Å². The molecule has 0 radical (unpaired) electrons. The number of hydrogen-bond acceptors (Lipinski definition) is 9. The number of aliphatic hydroxyl groups is 1. The minimum Gasteiger partial charge on any atom is -0.411 e. The second-order valence-electron chi connectivity index (χ2n) is 13.8. The van der Waals surface area contributed by atoms with E-state index >= 15 is 0 Å². The number of aliphatic hydroxyl groups excluding tert-OH is 1. The SMILES string of the molecule is CC(C)CN(C[C@H](O)[C@H](Cc1ccccc1)NC(=O)[C@@H](N1CCN(Cc2ccnnc2)C1=O)C(C)(C)C)S(=O)(=O)c1ccc(C=NO)cc1. The van der Waals surface area contributed by atoms with Crippen molar-refractivity contribution in [1.29, 1.82) is 0 Å². The Morgan fingerprint density at radius 1 is 1.02 bits per heavy atom. The number of carbonyl (C=O) groups is 2. The number of urea groups is 1. The fourth-order valence-corrected chi connectivity index (χ4v) is 7.61. The van der Waals surface area contributed by atoms with Gasteiger partial charge in [-0.3, -0.25) is 4.79 Å². The number of rotatable bonds is 15. The van der Waals surface area contributed by atoms with Crippen molar-refractivity contribution in [1.82, 2.24) is 29.6 Å². The Balaban J connectivity index is 1.60. The molecule has 3 amide bonds. The smallest absolute Gasteiger partial charge is 0.321 e. The maximum absolute atomic E-state index is 14.2. The van der Waals surface area contributed by atoms with Gasteiger partial charge in [0.15, 0.2) is 0 Å². The molecule has 3 aromatic rings. The predicted octanol–water partition coefficient (Wildman–Crippen LogP) is 3.37. The van der Waals surface area contributed by atoms with Crippen LogP contribution in [0.3, 0.4) is 0 Å². The van der Waals surface area contributed by atoms with Crippen molar-refractivity contribution in [2.45, 2.75) is 70.7 Å². The van der Waals surface area contributed by atoms with Crippen LogP contribution in [0.1, 0.15) is 51.3 Å². The molecule has 1 aliphatic heterocycles. The monoisotopic (exact) mass is 693 g/mol. The number of oxime groups is 1. The highest BCUT2D eigenvalue weighted by atomic mass is 32.2. The fraction of sp³-hybridized carbons (Fsp3) is 0.457. The maximum Gasteiger partial charge on any atom is 0.321 e. The topological polar surface area (TPSA) is 169 Å². The third-order valence-corrected chi connectivity index (χ3v) is 10.1. The summed E-state index contributed by atoms with van der Waals surface area (Å²) >= 11 is 0. The van der Waals surface area contributed by atoms with Gasteiger partial charge >= 0.3 is 6.03 Å². The lowest BCUT2D eigenvalue weighted by Crippen LogP contribution is -2.59. The highest BCUT2D eigenvalue weighted by Crippen LogP contribution is 2.29. The first-order valence-corrected chi connectivity index (χ1v) is 17.8. The van der Waals surface area contributed by atoms with E-state index in [9.17, 15) is 23.1 Å². The standard InChI is InChI=1S/C35H47N7O6S/c1-25(2)22-41(49(47,48)29-13-11-27(12-14-29)21-38-46)24-31(43)30(19-26-9-7-6-8-10-26)39-33(44)32(35(3,4)5)42-18-17-40(34(42)45)23-28-15-16-36-37-20-28/h6-16,20-21,25,30-32,43,46H,17-19,22-24H2,1-5H3,(H,39,44)/t30-,31-,32+/m0/s1. The molecule has 49 heavy (non-hydrogen) atoms. The summed E-state index contributed by atoms with van der Waals surface area (Å²) in [4.78, 5) is 31.2. The van der Waals surface area contributed by atoms with E-state index in [1.54, 1.807) is 28.3 Å². The summed E-state index contributed by atoms with van der Waals surface area (Å²) in [6.07, 6.45) is 3.28. The van der Waals surface area contributed by atoms with Crippen LogP contribution in [0.15, 0.2) is 83.1 Å². The summed E-state index contributed by atoms with van der Waals surface area (Å²) in [5.41, 5.74) is 1.51. The molecule has 0 spiro atoms. The summed E-state index contributed by atoms with van der Waals surface area (Å²) in [5.74, 6) is -0.505. The van der Waals surface area contributed by atoms with E-state index < -0.39 is 39.5 Å². The number of nitrogens with one attached hydrogen (secondary N) is 1. The Morgan fingerprint density at radius 3 is 2.31 bits per heavy atom. The first kappa shape index (κ1) is 37.4. The number of carbonyl (C=O) groups excluding carboxylic acids is 2. The van der Waals surface area contributed by atoms with Crippen molar-refractivity contribution in [2.24, 2.45) is 16.5 Å². The zero-order chi connectivity index (χ0) is 35.8. The van der Waals surface area contributed by atoms with Crippen molar-refractivity contribution in [3.05, 3.63) is 89.7 Å². The van der Waals surface area contributed by atoms with Crippen molar-refractivity contribution in [3.63, 3.8) is 0 Å². The third-order valence-electron chi connectivity index (χ3n) is 8.30. The number of nitrogens with zero attached hydrogens (tertiary/aromatic N) is 6. The highest BCUT2D eigenvalue weighted by Gasteiger charge is 2.44. The van der Waals surface area contributed by atoms with Gasteiger partial charge in [0.1, 0.15) is 6.04 Å². The summed E-state index contributed by atoms with van der Waals surface area (Å²) in [7, 11) is -4.06. The van der Waals surface area contributed by atoms with Crippen LogP contribution in [0.4, 0.5) is 4.79 Å². The van der Waals surface area contributed by atoms with Gasteiger partial charge in [0.25, 0.3) is 0 Å². The zero-order valence-corrected chi connectivity index (χ0v) is 29.5. The predicted molar refractivity (Wildman–Crippen MR) is 185 cm³/mol. The maximum atomic E-state index is 14.2. The van der Waals surface area contributed by atoms with Crippen molar-refractivity contribution < 1.29 is 28.3 Å². The van der Waals surface area contributed by atoms with Gasteiger partial charge in [-0.25, -0.2) is 13.2 Å². The van der Waals surface area contributed by atoms with E-state index in [1.807, 2.05) is 65.0 Å². The molecule has 264 valence electrons. The molecule has 0 unspecified atom stereocenters. The Bertz CT molecular complexity index is 1670. The second kappa shape index (κ2) is 16.3. The average molecular weight is 694 g/mol. The summed E-state index contributed by atoms with van der Waals surface area (Å²) in [6.45, 7) is 10.4. The fourth-order valence-electron chi connectivity index (χ4n) is 5.99. The molecule has 14 heteroatoms. The van der Waals surface area contributed by atoms with E-state index in [0.717, 1.165) is 11.1 Å². The van der Waals surface area contributed by atoms with Gasteiger partial charge in [-0.15, -0.1) is 0 Å². The van der Waals surface area contributed by atoms with E-state index in [-0.39, 0.29) is 36.4 Å². The first-order chi connectivity index (χ1) is 23.2. The lowest BCUT2D eigenvalue weighted by atomic mass is 9.84. The molecule has 1 aromatic heterocycles. The van der Waals surface area contributed by atoms with Crippen LogP contribution in [0, 0.1) is 11.3 Å². The van der Waals surface area contributed by atoms with Crippen molar-refractivity contribution in [2.75, 3.05) is 26.2 Å². The Hall–Kier alpha value is -4.40. The average Bonchev–Trinajstić information content (AvgIpc) is 3.39. The molecule has 4 rings (SSSR count). The number of amides is 3. The van der Waals surface area contributed by atoms with Crippen LogP contribution in [-0.2, 0) is 27.8 Å². The first-order valence-electron chi connectivity index (χ1n) is 16.3. The van der Waals surface area contributed by atoms with Crippen LogP contribution in [-0.4, -0.2) is 106 Å². The van der Waals surface area contributed by atoms with Gasteiger partial charge in [0.2, 0.25) is 15.9 Å². The van der Waals surface area contributed by atoms with Gasteiger partial charge in [-0.1, -0.05) is 82.2 Å². The molecule has 3 N–H and O–H groups in total. The Kier molecular flexibility index (Phi) is 12.5. The summed E-state index contributed by atoms with van der Waals surface area (Å²) in [5, 5.41) is 34.3. The Morgan fingerprint density at radius 2 is 1.71 bits per heavy atom. The van der Waals surface area contributed by atoms with Gasteiger partial charge in [-0.05, 0) is 52.6 Å². The molecular formula is C35H47N7O6S. The van der Waals surface area contributed by atoms with Crippen molar-refractivity contribution in [3.8, 4) is 0 Å². The van der Waals surface area contributed by atoms with Gasteiger partial charge in [-0.2, -0.15) is 14.5 Å². The third kappa shape index (κ3) is 9.83. The quantitative estimate of drug-likeness (QED) is 0.124. The minimum atomic E-state index is -4.06. The van der Waals surface area contributed by atoms with E-state index in [1.165, 1.54) is 34.8 Å². The molecular weight excluding hydrogens is 646 g/mol. The normalized spacial score (nSPS) is 16.0. The minimum absolute atomic E-state index is 0.0199. The van der Waals surface area contributed by atoms with Crippen LogP contribution >= 0.6 is 0 Å². The summed E-state index contributed by atoms with van der Waals surface area (Å²) < 4.78 is 29.0. The number of sulfonamides is 1. The molecule has 3 atom stereocenters. The van der Waals surface area contributed by atoms with E-state index in [0.29, 0.717) is 25.2 Å². The van der Waals surface area contributed by atoms with Crippen LogP contribution in [0.2, 0.25) is 0 Å². The lowest BCUT2D eigenvalue weighted by Gasteiger charge is -2.38. The van der Waals surface area contributed by atoms with Gasteiger partial charge in [0, 0.05) is 38.9 Å². The molecule has 1 fully saturated rings. The molecule has 1 saturated heterocycles. The van der Waals surface area contributed by atoms with E-state index in [2.05, 4.69) is 20.7 Å². The highest BCUT2D eigenvalue weighted by molar-refractivity contribution is 7.89. The number of aromatic nitrogens is 2. The molecule has 1 aliphatic rings. The molecule has 0 aliphatic carbocycles. The second-order valence-corrected chi connectivity index (χ2v) is 15.8. The van der Waals surface area contributed by atoms with Gasteiger partial charge in [0.05, 0.1) is 29.5 Å². The molecule has 2 heterocycles.